The lowest BCUT2D eigenvalue weighted by atomic mass is 9.90. The second-order valence-corrected chi connectivity index (χ2v) is 15.6. The van der Waals surface area contributed by atoms with Gasteiger partial charge in [-0.2, -0.15) is 0 Å². The Morgan fingerprint density at radius 1 is 1.08 bits per heavy atom. The van der Waals surface area contributed by atoms with Gasteiger partial charge in [0.05, 0.1) is 36.8 Å². The molecule has 10 nitrogen and oxygen atoms in total. The monoisotopic (exact) mass is 680 g/mol. The van der Waals surface area contributed by atoms with Crippen LogP contribution in [0.4, 0.5) is 19.3 Å². The van der Waals surface area contributed by atoms with Gasteiger partial charge < -0.3 is 23.7 Å². The summed E-state index contributed by atoms with van der Waals surface area (Å²) in [7, 11) is 0. The Kier molecular flexibility index (Phi) is 9.78. The summed E-state index contributed by atoms with van der Waals surface area (Å²) in [5, 5.41) is 0. The Morgan fingerprint density at radius 2 is 1.82 bits per heavy atom. The molecule has 2 amide bonds. The van der Waals surface area contributed by atoms with E-state index < -0.39 is 17.7 Å². The standard InChI is InChI=1S/C37H50F2N6O4/c1-24-17-42(30(19-41-12-13-48-22-25(41)2)20-43(24)35(47)49-36(3,4)5)21-32(46)45-23-37(6,7)33-31(45)15-27(14-26-8-10-28(39)11-9-26)34-40-29(16-38)18-44(33)34/h8-11,15,18,24-25,30H,12-14,16-17,19-23H2,1-7H3/t24-,25-,30+/m1/s1. The molecule has 266 valence electrons. The average Bonchev–Trinajstić information content (AvgIpc) is 3.58. The summed E-state index contributed by atoms with van der Waals surface area (Å²) in [4.78, 5) is 40.7. The largest absolute Gasteiger partial charge is 0.444 e. The smallest absolute Gasteiger partial charge is 0.410 e. The molecule has 49 heavy (non-hydrogen) atoms. The molecule has 1 aromatic carbocycles. The average molecular weight is 681 g/mol. The number of hydrogen-bond donors (Lipinski definition) is 0. The van der Waals surface area contributed by atoms with Crippen LogP contribution in [0, 0.1) is 5.82 Å². The molecule has 3 atom stereocenters. The Morgan fingerprint density at radius 3 is 2.49 bits per heavy atom. The number of alkyl halides is 1. The van der Waals surface area contributed by atoms with E-state index in [0.717, 1.165) is 29.1 Å². The van der Waals surface area contributed by atoms with Crippen molar-refractivity contribution in [3.63, 3.8) is 0 Å². The first-order valence-electron chi connectivity index (χ1n) is 17.3. The van der Waals surface area contributed by atoms with Crippen LogP contribution in [-0.2, 0) is 32.8 Å². The number of morpholine rings is 1. The van der Waals surface area contributed by atoms with E-state index in [4.69, 9.17) is 9.47 Å². The van der Waals surface area contributed by atoms with Crippen molar-refractivity contribution in [2.75, 3.05) is 57.4 Å². The van der Waals surface area contributed by atoms with Crippen LogP contribution in [0.25, 0.3) is 5.65 Å². The molecule has 0 bridgehead atoms. The van der Waals surface area contributed by atoms with E-state index in [1.165, 1.54) is 12.1 Å². The van der Waals surface area contributed by atoms with Crippen molar-refractivity contribution in [2.45, 2.75) is 90.7 Å². The molecule has 5 heterocycles. The number of carbonyl (C=O) groups is 2. The normalized spacial score (nSPS) is 23.2. The van der Waals surface area contributed by atoms with Crippen LogP contribution in [-0.4, -0.2) is 112 Å². The second kappa shape index (κ2) is 13.6. The molecule has 0 saturated carbocycles. The number of piperazine rings is 1. The molecule has 0 spiro atoms. The highest BCUT2D eigenvalue weighted by atomic mass is 19.1. The number of anilines is 1. The van der Waals surface area contributed by atoms with Gasteiger partial charge in [-0.1, -0.05) is 26.0 Å². The molecule has 3 aliphatic rings. The van der Waals surface area contributed by atoms with E-state index in [1.54, 1.807) is 23.2 Å². The van der Waals surface area contributed by atoms with Crippen molar-refractivity contribution < 1.29 is 27.8 Å². The van der Waals surface area contributed by atoms with Gasteiger partial charge in [0, 0.05) is 74.4 Å². The van der Waals surface area contributed by atoms with E-state index >= 15 is 0 Å². The molecule has 0 radical (unpaired) electrons. The first-order chi connectivity index (χ1) is 23.1. The minimum Gasteiger partial charge on any atom is -0.444 e. The lowest BCUT2D eigenvalue weighted by molar-refractivity contribution is -0.121. The highest BCUT2D eigenvalue weighted by molar-refractivity contribution is 5.98. The number of pyridine rings is 1. The maximum atomic E-state index is 14.5. The second-order valence-electron chi connectivity index (χ2n) is 15.6. The van der Waals surface area contributed by atoms with Gasteiger partial charge in [0.15, 0.2) is 0 Å². The zero-order valence-corrected chi connectivity index (χ0v) is 29.8. The van der Waals surface area contributed by atoms with Crippen LogP contribution in [0.5, 0.6) is 0 Å². The molecule has 0 aliphatic carbocycles. The van der Waals surface area contributed by atoms with Crippen molar-refractivity contribution in [1.82, 2.24) is 24.1 Å². The number of hydrogen-bond acceptors (Lipinski definition) is 7. The summed E-state index contributed by atoms with van der Waals surface area (Å²) in [6.45, 7) is 17.6. The number of benzene rings is 1. The first kappa shape index (κ1) is 35.2. The number of aromatic nitrogens is 2. The quantitative estimate of drug-likeness (QED) is 0.340. The lowest BCUT2D eigenvalue weighted by Gasteiger charge is -2.47. The summed E-state index contributed by atoms with van der Waals surface area (Å²) in [6.07, 6.45) is 1.84. The number of nitrogens with zero attached hydrogens (tertiary/aromatic N) is 6. The Bertz CT molecular complexity index is 1690. The van der Waals surface area contributed by atoms with E-state index in [1.807, 2.05) is 43.1 Å². The van der Waals surface area contributed by atoms with Crippen molar-refractivity contribution in [1.29, 1.82) is 0 Å². The molecular formula is C37H50F2N6O4. The van der Waals surface area contributed by atoms with Crippen LogP contribution < -0.4 is 4.90 Å². The van der Waals surface area contributed by atoms with Crippen molar-refractivity contribution in [2.24, 2.45) is 0 Å². The van der Waals surface area contributed by atoms with Crippen LogP contribution in [0.1, 0.15) is 71.0 Å². The fourth-order valence-corrected chi connectivity index (χ4v) is 7.53. The van der Waals surface area contributed by atoms with E-state index in [0.29, 0.717) is 57.2 Å². The molecule has 6 rings (SSSR count). The van der Waals surface area contributed by atoms with E-state index in [-0.39, 0.29) is 42.5 Å². The minimum atomic E-state index is -0.702. The Balaban J connectivity index is 1.31. The zero-order valence-electron chi connectivity index (χ0n) is 29.8. The van der Waals surface area contributed by atoms with Crippen molar-refractivity contribution >= 4 is 23.3 Å². The molecule has 2 aromatic heterocycles. The summed E-state index contributed by atoms with van der Waals surface area (Å²) >= 11 is 0. The predicted molar refractivity (Wildman–Crippen MR) is 184 cm³/mol. The van der Waals surface area contributed by atoms with Crippen molar-refractivity contribution in [3.8, 4) is 0 Å². The lowest BCUT2D eigenvalue weighted by Crippen LogP contribution is -2.64. The Labute approximate surface area is 287 Å². The number of carbonyl (C=O) groups excluding carboxylic acids is 2. The molecular weight excluding hydrogens is 630 g/mol. The van der Waals surface area contributed by atoms with Gasteiger partial charge in [-0.15, -0.1) is 0 Å². The fraction of sp³-hybridized carbons (Fsp3) is 0.595. The van der Waals surface area contributed by atoms with Crippen LogP contribution >= 0.6 is 0 Å². The molecule has 0 unspecified atom stereocenters. The van der Waals surface area contributed by atoms with Gasteiger partial charge in [0.2, 0.25) is 5.91 Å². The van der Waals surface area contributed by atoms with E-state index in [9.17, 15) is 18.4 Å². The van der Waals surface area contributed by atoms with Gasteiger partial charge in [-0.25, -0.2) is 18.6 Å². The van der Waals surface area contributed by atoms with Gasteiger partial charge in [0.1, 0.15) is 23.7 Å². The Hall–Kier alpha value is -3.61. The molecule has 2 fully saturated rings. The third kappa shape index (κ3) is 7.46. The maximum absolute atomic E-state index is 14.5. The topological polar surface area (TPSA) is 82.9 Å². The van der Waals surface area contributed by atoms with Gasteiger partial charge in [0.25, 0.3) is 0 Å². The summed E-state index contributed by atoms with van der Waals surface area (Å²) < 4.78 is 41.1. The first-order valence-corrected chi connectivity index (χ1v) is 17.3. The third-order valence-electron chi connectivity index (χ3n) is 9.94. The highest BCUT2D eigenvalue weighted by Crippen LogP contribution is 2.43. The highest BCUT2D eigenvalue weighted by Gasteiger charge is 2.43. The van der Waals surface area contributed by atoms with Crippen LogP contribution in [0.2, 0.25) is 0 Å². The number of imidazole rings is 1. The van der Waals surface area contributed by atoms with Crippen molar-refractivity contribution in [3.05, 3.63) is 64.9 Å². The number of halogens is 2. The predicted octanol–water partition coefficient (Wildman–Crippen LogP) is 5.19. The summed E-state index contributed by atoms with van der Waals surface area (Å²) in [5.74, 6) is -0.354. The summed E-state index contributed by atoms with van der Waals surface area (Å²) in [5.41, 5.74) is 3.33. The van der Waals surface area contributed by atoms with Crippen LogP contribution in [0.3, 0.4) is 0 Å². The third-order valence-corrected chi connectivity index (χ3v) is 9.94. The molecule has 2 saturated heterocycles. The molecule has 3 aromatic rings. The SMILES string of the molecule is C[C@@H]1COCCN1C[C@H]1CN(C(=O)OC(C)(C)C)[C@H](C)CN1CC(=O)N1CC(C)(C)c2c1cc(Cc1ccc(F)cc1)c1nc(CF)cn21. The fourth-order valence-electron chi connectivity index (χ4n) is 7.53. The van der Waals surface area contributed by atoms with Crippen LogP contribution in [0.15, 0.2) is 36.5 Å². The summed E-state index contributed by atoms with van der Waals surface area (Å²) in [6, 6.07) is 8.29. The zero-order chi connectivity index (χ0) is 35.2. The van der Waals surface area contributed by atoms with Gasteiger partial charge >= 0.3 is 6.09 Å². The number of rotatable bonds is 7. The molecule has 3 aliphatic heterocycles. The van der Waals surface area contributed by atoms with E-state index in [2.05, 4.69) is 35.6 Å². The van der Waals surface area contributed by atoms with Gasteiger partial charge in [-0.05, 0) is 58.4 Å². The number of fused-ring (bicyclic) bond motifs is 3. The number of amides is 2. The number of ether oxygens (including phenoxy) is 2. The maximum Gasteiger partial charge on any atom is 0.410 e. The molecule has 0 N–H and O–H groups in total. The molecule has 12 heteroatoms. The minimum absolute atomic E-state index is 0.0392. The van der Waals surface area contributed by atoms with Gasteiger partial charge in [-0.3, -0.25) is 14.6 Å².